The van der Waals surface area contributed by atoms with Gasteiger partial charge in [0.25, 0.3) is 0 Å². The summed E-state index contributed by atoms with van der Waals surface area (Å²) in [5.41, 5.74) is 7.08. The Balaban J connectivity index is 1.99. The van der Waals surface area contributed by atoms with E-state index in [1.165, 1.54) is 0 Å². The fraction of sp³-hybridized carbons (Fsp3) is 0.389. The van der Waals surface area contributed by atoms with Crippen LogP contribution < -0.4 is 16.4 Å². The van der Waals surface area contributed by atoms with Crippen molar-refractivity contribution in [3.63, 3.8) is 0 Å². The van der Waals surface area contributed by atoms with Crippen molar-refractivity contribution in [2.24, 2.45) is 11.7 Å². The van der Waals surface area contributed by atoms with Gasteiger partial charge in [0.15, 0.2) is 0 Å². The summed E-state index contributed by atoms with van der Waals surface area (Å²) in [5, 5.41) is 9.67. The van der Waals surface area contributed by atoms with Crippen molar-refractivity contribution in [2.75, 3.05) is 10.6 Å². The third kappa shape index (κ3) is 5.42. The van der Waals surface area contributed by atoms with Crippen LogP contribution in [-0.4, -0.2) is 27.6 Å². The van der Waals surface area contributed by atoms with Gasteiger partial charge in [0.2, 0.25) is 11.8 Å². The fourth-order valence-electron chi connectivity index (χ4n) is 2.40. The molecule has 2 aromatic rings. The molecule has 0 fully saturated rings. The van der Waals surface area contributed by atoms with E-state index in [2.05, 4.69) is 15.7 Å². The molecule has 2 atom stereocenters. The first-order chi connectivity index (χ1) is 11.9. The SMILES string of the molecule is CC(C)C[C@H](N)C(=O)Nc1cccc(NC(=O)C(C)n2cccn2)c1. The molecule has 0 saturated heterocycles. The van der Waals surface area contributed by atoms with Gasteiger partial charge >= 0.3 is 0 Å². The molecule has 2 rings (SSSR count). The van der Waals surface area contributed by atoms with Crippen LogP contribution in [0.4, 0.5) is 11.4 Å². The fourth-order valence-corrected chi connectivity index (χ4v) is 2.40. The minimum Gasteiger partial charge on any atom is -0.325 e. The Morgan fingerprint density at radius 3 is 2.32 bits per heavy atom. The zero-order valence-electron chi connectivity index (χ0n) is 14.8. The van der Waals surface area contributed by atoms with Gasteiger partial charge in [0.1, 0.15) is 6.04 Å². The lowest BCUT2D eigenvalue weighted by Gasteiger charge is -2.16. The van der Waals surface area contributed by atoms with Gasteiger partial charge in [-0.2, -0.15) is 5.10 Å². The predicted octanol–water partition coefficient (Wildman–Crippen LogP) is 2.39. The average molecular weight is 343 g/mol. The number of hydrogen-bond acceptors (Lipinski definition) is 4. The summed E-state index contributed by atoms with van der Waals surface area (Å²) in [7, 11) is 0. The van der Waals surface area contributed by atoms with Gasteiger partial charge in [-0.1, -0.05) is 19.9 Å². The summed E-state index contributed by atoms with van der Waals surface area (Å²) in [6.07, 6.45) is 3.97. The average Bonchev–Trinajstić information content (AvgIpc) is 3.08. The highest BCUT2D eigenvalue weighted by Crippen LogP contribution is 2.17. The molecule has 1 heterocycles. The molecule has 0 aliphatic heterocycles. The maximum absolute atomic E-state index is 12.3. The summed E-state index contributed by atoms with van der Waals surface area (Å²) in [5.74, 6) is -0.0825. The van der Waals surface area contributed by atoms with Crippen molar-refractivity contribution >= 4 is 23.2 Å². The second kappa shape index (κ2) is 8.43. The van der Waals surface area contributed by atoms with E-state index in [4.69, 9.17) is 5.73 Å². The van der Waals surface area contributed by atoms with Gasteiger partial charge in [-0.3, -0.25) is 14.3 Å². The number of anilines is 2. The Hall–Kier alpha value is -2.67. The molecular formula is C18H25N5O2. The lowest BCUT2D eigenvalue weighted by molar-refractivity contribution is -0.119. The molecule has 25 heavy (non-hydrogen) atoms. The van der Waals surface area contributed by atoms with Crippen LogP contribution in [0, 0.1) is 5.92 Å². The quantitative estimate of drug-likeness (QED) is 0.718. The Morgan fingerprint density at radius 2 is 1.76 bits per heavy atom. The number of aromatic nitrogens is 2. The van der Waals surface area contributed by atoms with Crippen LogP contribution in [0.15, 0.2) is 42.7 Å². The summed E-state index contributed by atoms with van der Waals surface area (Å²) in [6, 6.07) is 7.75. The molecule has 0 spiro atoms. The van der Waals surface area contributed by atoms with Crippen molar-refractivity contribution in [3.8, 4) is 0 Å². The number of carbonyl (C=O) groups is 2. The highest BCUT2D eigenvalue weighted by atomic mass is 16.2. The van der Waals surface area contributed by atoms with Crippen LogP contribution in [-0.2, 0) is 9.59 Å². The number of nitrogens with two attached hydrogens (primary N) is 1. The number of hydrogen-bond donors (Lipinski definition) is 3. The second-order valence-corrected chi connectivity index (χ2v) is 6.46. The van der Waals surface area contributed by atoms with Gasteiger partial charge < -0.3 is 16.4 Å². The van der Waals surface area contributed by atoms with E-state index in [1.54, 1.807) is 54.3 Å². The van der Waals surface area contributed by atoms with Crippen molar-refractivity contribution in [2.45, 2.75) is 39.3 Å². The topological polar surface area (TPSA) is 102 Å². The van der Waals surface area contributed by atoms with Crippen molar-refractivity contribution in [1.82, 2.24) is 9.78 Å². The molecule has 4 N–H and O–H groups in total. The van der Waals surface area contributed by atoms with Gasteiger partial charge in [0, 0.05) is 23.8 Å². The molecule has 0 aliphatic rings. The zero-order valence-corrected chi connectivity index (χ0v) is 14.8. The Morgan fingerprint density at radius 1 is 1.12 bits per heavy atom. The van der Waals surface area contributed by atoms with E-state index in [0.29, 0.717) is 23.7 Å². The van der Waals surface area contributed by atoms with Crippen LogP contribution >= 0.6 is 0 Å². The van der Waals surface area contributed by atoms with Crippen molar-refractivity contribution in [1.29, 1.82) is 0 Å². The smallest absolute Gasteiger partial charge is 0.248 e. The Labute approximate surface area is 147 Å². The molecular weight excluding hydrogens is 318 g/mol. The number of benzene rings is 1. The van der Waals surface area contributed by atoms with E-state index >= 15 is 0 Å². The van der Waals surface area contributed by atoms with Gasteiger partial charge in [-0.05, 0) is 43.5 Å². The van der Waals surface area contributed by atoms with Crippen LogP contribution in [0.25, 0.3) is 0 Å². The molecule has 1 aromatic carbocycles. The first kappa shape index (κ1) is 18.7. The molecule has 7 heteroatoms. The number of rotatable bonds is 7. The lowest BCUT2D eigenvalue weighted by atomic mass is 10.0. The second-order valence-electron chi connectivity index (χ2n) is 6.46. The molecule has 134 valence electrons. The molecule has 0 bridgehead atoms. The molecule has 1 unspecified atom stereocenters. The van der Waals surface area contributed by atoms with Gasteiger partial charge in [0.05, 0.1) is 6.04 Å². The van der Waals surface area contributed by atoms with Gasteiger partial charge in [-0.25, -0.2) is 0 Å². The molecule has 2 amide bonds. The third-order valence-electron chi connectivity index (χ3n) is 3.76. The molecule has 0 radical (unpaired) electrons. The summed E-state index contributed by atoms with van der Waals surface area (Å²) in [6.45, 7) is 5.80. The number of nitrogens with zero attached hydrogens (tertiary/aromatic N) is 2. The first-order valence-electron chi connectivity index (χ1n) is 8.33. The van der Waals surface area contributed by atoms with E-state index in [1.807, 2.05) is 13.8 Å². The van der Waals surface area contributed by atoms with Gasteiger partial charge in [-0.15, -0.1) is 0 Å². The lowest BCUT2D eigenvalue weighted by Crippen LogP contribution is -2.36. The van der Waals surface area contributed by atoms with Crippen LogP contribution in [0.3, 0.4) is 0 Å². The summed E-state index contributed by atoms with van der Waals surface area (Å²) < 4.78 is 1.58. The minimum atomic E-state index is -0.557. The summed E-state index contributed by atoms with van der Waals surface area (Å²) in [4.78, 5) is 24.4. The highest BCUT2D eigenvalue weighted by molar-refractivity contribution is 5.97. The number of carbonyl (C=O) groups excluding carboxylic acids is 2. The molecule has 0 saturated carbocycles. The normalized spacial score (nSPS) is 13.3. The molecule has 1 aromatic heterocycles. The first-order valence-corrected chi connectivity index (χ1v) is 8.33. The van der Waals surface area contributed by atoms with Crippen LogP contribution in [0.2, 0.25) is 0 Å². The van der Waals surface area contributed by atoms with E-state index in [-0.39, 0.29) is 11.8 Å². The Bertz CT molecular complexity index is 712. The number of amides is 2. The van der Waals surface area contributed by atoms with E-state index in [0.717, 1.165) is 0 Å². The minimum absolute atomic E-state index is 0.191. The monoisotopic (exact) mass is 343 g/mol. The van der Waals surface area contributed by atoms with Crippen LogP contribution in [0.1, 0.15) is 33.2 Å². The maximum atomic E-state index is 12.3. The standard InChI is InChI=1S/C18H25N5O2/c1-12(2)10-16(19)18(25)22-15-7-4-6-14(11-15)21-17(24)13(3)23-9-5-8-20-23/h4-9,11-13,16H,10,19H2,1-3H3,(H,21,24)(H,22,25)/t13?,16-/m0/s1. The molecule has 0 aliphatic carbocycles. The molecule has 7 nitrogen and oxygen atoms in total. The Kier molecular flexibility index (Phi) is 6.30. The largest absolute Gasteiger partial charge is 0.325 e. The zero-order chi connectivity index (χ0) is 18.4. The number of nitrogens with one attached hydrogen (secondary N) is 2. The predicted molar refractivity (Wildman–Crippen MR) is 98.1 cm³/mol. The third-order valence-corrected chi connectivity index (χ3v) is 3.76. The highest BCUT2D eigenvalue weighted by Gasteiger charge is 2.17. The summed E-state index contributed by atoms with van der Waals surface area (Å²) >= 11 is 0. The maximum Gasteiger partial charge on any atom is 0.248 e. The van der Waals surface area contributed by atoms with E-state index < -0.39 is 12.1 Å². The van der Waals surface area contributed by atoms with Crippen LogP contribution in [0.5, 0.6) is 0 Å². The van der Waals surface area contributed by atoms with Crippen molar-refractivity contribution in [3.05, 3.63) is 42.7 Å². The van der Waals surface area contributed by atoms with Crippen molar-refractivity contribution < 1.29 is 9.59 Å². The van der Waals surface area contributed by atoms with E-state index in [9.17, 15) is 9.59 Å².